The number of nitrogens with one attached hydrogen (secondary N) is 1. The highest BCUT2D eigenvalue weighted by Crippen LogP contribution is 2.31. The number of esters is 1. The zero-order chi connectivity index (χ0) is 20.8. The van der Waals surface area contributed by atoms with Crippen LogP contribution < -0.4 is 5.32 Å². The van der Waals surface area contributed by atoms with Gasteiger partial charge < -0.3 is 14.5 Å². The van der Waals surface area contributed by atoms with Gasteiger partial charge in [0, 0.05) is 10.7 Å². The van der Waals surface area contributed by atoms with Crippen LogP contribution in [0.25, 0.3) is 11.5 Å². The highest BCUT2D eigenvalue weighted by atomic mass is 35.5. The summed E-state index contributed by atoms with van der Waals surface area (Å²) < 4.78 is 10.5. The molecular weight excluding hydrogens is 437 g/mol. The molecule has 1 aromatic heterocycles. The third kappa shape index (κ3) is 5.72. The van der Waals surface area contributed by atoms with Crippen LogP contribution in [0.3, 0.4) is 0 Å². The van der Waals surface area contributed by atoms with E-state index < -0.39 is 5.97 Å². The average Bonchev–Trinajstić information content (AvgIpc) is 3.16. The zero-order valence-corrected chi connectivity index (χ0v) is 17.5. The van der Waals surface area contributed by atoms with Crippen molar-refractivity contribution in [3.05, 3.63) is 58.1 Å². The van der Waals surface area contributed by atoms with Gasteiger partial charge in [-0.1, -0.05) is 35.0 Å². The Morgan fingerprint density at radius 1 is 1.14 bits per heavy atom. The van der Waals surface area contributed by atoms with Crippen molar-refractivity contribution < 1.29 is 18.7 Å². The van der Waals surface area contributed by atoms with E-state index in [9.17, 15) is 9.59 Å². The van der Waals surface area contributed by atoms with E-state index in [0.29, 0.717) is 33.5 Å². The molecule has 0 saturated heterocycles. The summed E-state index contributed by atoms with van der Waals surface area (Å²) in [5.41, 5.74) is 1.53. The molecule has 0 bridgehead atoms. The van der Waals surface area contributed by atoms with E-state index in [-0.39, 0.29) is 22.8 Å². The highest BCUT2D eigenvalue weighted by molar-refractivity contribution is 7.99. The first-order valence-corrected chi connectivity index (χ1v) is 10.2. The standard InChI is InChI=1S/C19H15Cl2N3O4S/c1-2-27-18(26)11-3-6-13(7-4-11)22-16(25)10-29-19-24-23-17(28-19)14-8-5-12(20)9-15(14)21/h3-9H,2,10H2,1H3,(H,22,25). The molecule has 0 saturated carbocycles. The van der Waals surface area contributed by atoms with Gasteiger partial charge in [-0.25, -0.2) is 4.79 Å². The fourth-order valence-corrected chi connectivity index (χ4v) is 3.32. The SMILES string of the molecule is CCOC(=O)c1ccc(NC(=O)CSc2nnc(-c3ccc(Cl)cc3Cl)o2)cc1. The molecule has 10 heteroatoms. The first-order chi connectivity index (χ1) is 14.0. The molecule has 2 aromatic carbocycles. The predicted molar refractivity (Wildman–Crippen MR) is 112 cm³/mol. The molecule has 0 aliphatic rings. The van der Waals surface area contributed by atoms with E-state index in [1.54, 1.807) is 49.4 Å². The van der Waals surface area contributed by atoms with Gasteiger partial charge in [-0.2, -0.15) is 0 Å². The largest absolute Gasteiger partial charge is 0.462 e. The third-order valence-corrected chi connectivity index (χ3v) is 4.94. The van der Waals surface area contributed by atoms with Crippen molar-refractivity contribution in [1.82, 2.24) is 10.2 Å². The summed E-state index contributed by atoms with van der Waals surface area (Å²) in [6.45, 7) is 2.04. The Kier molecular flexibility index (Phi) is 7.13. The van der Waals surface area contributed by atoms with E-state index in [4.69, 9.17) is 32.4 Å². The Morgan fingerprint density at radius 2 is 1.90 bits per heavy atom. The summed E-state index contributed by atoms with van der Waals surface area (Å²) in [6.07, 6.45) is 0. The number of nitrogens with zero attached hydrogens (tertiary/aromatic N) is 2. The number of halogens is 2. The van der Waals surface area contributed by atoms with Crippen LogP contribution in [-0.2, 0) is 9.53 Å². The third-order valence-electron chi connectivity index (χ3n) is 3.57. The van der Waals surface area contributed by atoms with Crippen molar-refractivity contribution in [2.75, 3.05) is 17.7 Å². The Labute approximate surface area is 180 Å². The number of carbonyl (C=O) groups excluding carboxylic acids is 2. The lowest BCUT2D eigenvalue weighted by molar-refractivity contribution is -0.113. The molecule has 1 heterocycles. The maximum Gasteiger partial charge on any atom is 0.338 e. The van der Waals surface area contributed by atoms with Gasteiger partial charge in [0.15, 0.2) is 0 Å². The van der Waals surface area contributed by atoms with Gasteiger partial charge in [-0.15, -0.1) is 10.2 Å². The van der Waals surface area contributed by atoms with Crippen molar-refractivity contribution in [3.8, 4) is 11.5 Å². The minimum absolute atomic E-state index is 0.0651. The number of amides is 1. The molecule has 7 nitrogen and oxygen atoms in total. The molecule has 0 aliphatic carbocycles. The summed E-state index contributed by atoms with van der Waals surface area (Å²) in [6, 6.07) is 11.3. The zero-order valence-electron chi connectivity index (χ0n) is 15.1. The number of benzene rings is 2. The van der Waals surface area contributed by atoms with Crippen molar-refractivity contribution in [2.24, 2.45) is 0 Å². The molecule has 1 N–H and O–H groups in total. The van der Waals surface area contributed by atoms with Gasteiger partial charge in [-0.05, 0) is 49.4 Å². The predicted octanol–water partition coefficient (Wildman–Crippen LogP) is 4.95. The number of carbonyl (C=O) groups is 2. The lowest BCUT2D eigenvalue weighted by Gasteiger charge is -2.05. The van der Waals surface area contributed by atoms with E-state index in [1.165, 1.54) is 0 Å². The monoisotopic (exact) mass is 451 g/mol. The first-order valence-electron chi connectivity index (χ1n) is 8.45. The lowest BCUT2D eigenvalue weighted by Crippen LogP contribution is -2.14. The summed E-state index contributed by atoms with van der Waals surface area (Å²) in [5, 5.41) is 11.7. The maximum absolute atomic E-state index is 12.1. The van der Waals surface area contributed by atoms with Gasteiger partial charge in [0.05, 0.1) is 28.5 Å². The molecule has 3 rings (SSSR count). The second-order valence-corrected chi connectivity index (χ2v) is 7.40. The van der Waals surface area contributed by atoms with Crippen LogP contribution in [0.15, 0.2) is 52.1 Å². The summed E-state index contributed by atoms with van der Waals surface area (Å²) >= 11 is 13.1. The number of rotatable bonds is 7. The molecule has 150 valence electrons. The van der Waals surface area contributed by atoms with Crippen molar-refractivity contribution in [3.63, 3.8) is 0 Å². The number of hydrogen-bond donors (Lipinski definition) is 1. The van der Waals surface area contributed by atoms with Gasteiger partial charge in [0.25, 0.3) is 5.22 Å². The van der Waals surface area contributed by atoms with Crippen LogP contribution >= 0.6 is 35.0 Å². The van der Waals surface area contributed by atoms with Gasteiger partial charge in [0.1, 0.15) is 0 Å². The maximum atomic E-state index is 12.1. The second-order valence-electron chi connectivity index (χ2n) is 5.63. The molecule has 3 aromatic rings. The molecule has 0 fully saturated rings. The molecular formula is C19H15Cl2N3O4S. The molecule has 0 unspecified atom stereocenters. The Morgan fingerprint density at radius 3 is 2.59 bits per heavy atom. The summed E-state index contributed by atoms with van der Waals surface area (Å²) in [4.78, 5) is 23.8. The van der Waals surface area contributed by atoms with Gasteiger partial charge in [-0.3, -0.25) is 4.79 Å². The topological polar surface area (TPSA) is 94.3 Å². The molecule has 0 spiro atoms. The van der Waals surface area contributed by atoms with Crippen LogP contribution in [0.1, 0.15) is 17.3 Å². The van der Waals surface area contributed by atoms with Crippen LogP contribution in [0, 0.1) is 0 Å². The smallest absolute Gasteiger partial charge is 0.338 e. The van der Waals surface area contributed by atoms with Crippen LogP contribution in [0.2, 0.25) is 10.0 Å². The highest BCUT2D eigenvalue weighted by Gasteiger charge is 2.14. The molecule has 29 heavy (non-hydrogen) atoms. The van der Waals surface area contributed by atoms with Crippen molar-refractivity contribution in [1.29, 1.82) is 0 Å². The number of thioether (sulfide) groups is 1. The van der Waals surface area contributed by atoms with Gasteiger partial charge >= 0.3 is 5.97 Å². The summed E-state index contributed by atoms with van der Waals surface area (Å²) in [7, 11) is 0. The van der Waals surface area contributed by atoms with E-state index in [2.05, 4.69) is 15.5 Å². The van der Waals surface area contributed by atoms with E-state index in [0.717, 1.165) is 11.8 Å². The Bertz CT molecular complexity index is 1020. The van der Waals surface area contributed by atoms with Crippen LogP contribution in [-0.4, -0.2) is 34.4 Å². The fourth-order valence-electron chi connectivity index (χ4n) is 2.27. The Balaban J connectivity index is 1.55. The molecule has 0 aliphatic heterocycles. The first kappa shape index (κ1) is 21.2. The number of ether oxygens (including phenoxy) is 1. The van der Waals surface area contributed by atoms with Crippen LogP contribution in [0.5, 0.6) is 0 Å². The quantitative estimate of drug-likeness (QED) is 0.400. The lowest BCUT2D eigenvalue weighted by atomic mass is 10.2. The Hall–Kier alpha value is -2.55. The number of hydrogen-bond acceptors (Lipinski definition) is 7. The molecule has 1 amide bonds. The van der Waals surface area contributed by atoms with E-state index in [1.807, 2.05) is 0 Å². The molecule has 0 radical (unpaired) electrons. The minimum atomic E-state index is -0.408. The van der Waals surface area contributed by atoms with Crippen molar-refractivity contribution >= 4 is 52.5 Å². The fraction of sp³-hybridized carbons (Fsp3) is 0.158. The van der Waals surface area contributed by atoms with Crippen molar-refractivity contribution in [2.45, 2.75) is 12.1 Å². The van der Waals surface area contributed by atoms with Crippen LogP contribution in [0.4, 0.5) is 5.69 Å². The summed E-state index contributed by atoms with van der Waals surface area (Å²) in [5.74, 6) is -0.364. The minimum Gasteiger partial charge on any atom is -0.462 e. The number of anilines is 1. The molecule has 0 atom stereocenters. The van der Waals surface area contributed by atoms with Gasteiger partial charge in [0.2, 0.25) is 11.8 Å². The second kappa shape index (κ2) is 9.78. The van der Waals surface area contributed by atoms with E-state index >= 15 is 0 Å². The average molecular weight is 452 g/mol. The normalized spacial score (nSPS) is 10.6. The number of aromatic nitrogens is 2.